The molecule has 0 aromatic heterocycles. The summed E-state index contributed by atoms with van der Waals surface area (Å²) in [5.74, 6) is -0.796. The maximum Gasteiger partial charge on any atom is 0.303 e. The quantitative estimate of drug-likeness (QED) is 0.402. The smallest absolute Gasteiger partial charge is 0.303 e. The van der Waals surface area contributed by atoms with Crippen molar-refractivity contribution in [3.63, 3.8) is 0 Å². The maximum absolute atomic E-state index is 9.88. The summed E-state index contributed by atoms with van der Waals surface area (Å²) in [4.78, 5) is 9.88. The number of carbonyl (C=O) groups is 1. The molecule has 0 aliphatic rings. The normalized spacial score (nSPS) is 9.44. The van der Waals surface area contributed by atoms with Gasteiger partial charge in [0.25, 0.3) is 0 Å². The molecule has 0 saturated carbocycles. The molecule has 3 N–H and O–H groups in total. The van der Waals surface area contributed by atoms with E-state index in [0.29, 0.717) is 13.0 Å². The second-order valence-electron chi connectivity index (χ2n) is 1.57. The van der Waals surface area contributed by atoms with Crippen LogP contribution in [0.15, 0.2) is 0 Å². The van der Waals surface area contributed by atoms with Crippen LogP contribution in [0, 0.1) is 0 Å². The van der Waals surface area contributed by atoms with Gasteiger partial charge >= 0.3 is 5.97 Å². The van der Waals surface area contributed by atoms with Gasteiger partial charge in [0, 0.05) is 13.0 Å². The summed E-state index contributed by atoms with van der Waals surface area (Å²) >= 11 is 0. The van der Waals surface area contributed by atoms with Gasteiger partial charge in [0.1, 0.15) is 0 Å². The van der Waals surface area contributed by atoms with E-state index in [1.807, 2.05) is 0 Å². The van der Waals surface area contributed by atoms with Crippen molar-refractivity contribution in [3.05, 3.63) is 0 Å². The molecule has 9 heavy (non-hydrogen) atoms. The van der Waals surface area contributed by atoms with Crippen molar-refractivity contribution in [2.24, 2.45) is 5.73 Å². The van der Waals surface area contributed by atoms with Crippen LogP contribution in [-0.4, -0.2) is 24.4 Å². The Balaban J connectivity index is 2.83. The van der Waals surface area contributed by atoms with E-state index >= 15 is 0 Å². The van der Waals surface area contributed by atoms with E-state index in [1.165, 1.54) is 0 Å². The molecule has 0 fully saturated rings. The number of carboxylic acids is 1. The molecule has 0 spiro atoms. The number of carboxylic acid groups (broad SMARTS) is 1. The standard InChI is InChI=1S/C5H11NO3/c6-4-9-3-1-2-5(7)8/h1-4,6H2,(H,7,8). The van der Waals surface area contributed by atoms with Crippen LogP contribution in [0.2, 0.25) is 0 Å². The minimum absolute atomic E-state index is 0.153. The Morgan fingerprint density at radius 1 is 1.67 bits per heavy atom. The molecule has 0 heterocycles. The lowest BCUT2D eigenvalue weighted by Crippen LogP contribution is -2.06. The number of hydrogen-bond donors (Lipinski definition) is 2. The Morgan fingerprint density at radius 2 is 2.33 bits per heavy atom. The Hall–Kier alpha value is -0.610. The first-order chi connectivity index (χ1) is 4.27. The average Bonchev–Trinajstić information content (AvgIpc) is 1.80. The molecule has 0 unspecified atom stereocenters. The lowest BCUT2D eigenvalue weighted by molar-refractivity contribution is -0.137. The zero-order valence-electron chi connectivity index (χ0n) is 5.17. The van der Waals surface area contributed by atoms with E-state index in [0.717, 1.165) is 0 Å². The van der Waals surface area contributed by atoms with Crippen LogP contribution in [-0.2, 0) is 9.53 Å². The van der Waals surface area contributed by atoms with E-state index in [4.69, 9.17) is 15.6 Å². The fourth-order valence-electron chi connectivity index (χ4n) is 0.409. The molecule has 0 saturated heterocycles. The second kappa shape index (κ2) is 5.53. The number of rotatable bonds is 5. The van der Waals surface area contributed by atoms with Gasteiger partial charge in [-0.05, 0) is 6.42 Å². The fourth-order valence-corrected chi connectivity index (χ4v) is 0.409. The number of ether oxygens (including phenoxy) is 1. The van der Waals surface area contributed by atoms with Crippen LogP contribution in [0.25, 0.3) is 0 Å². The van der Waals surface area contributed by atoms with Crippen molar-refractivity contribution in [2.45, 2.75) is 12.8 Å². The van der Waals surface area contributed by atoms with E-state index < -0.39 is 5.97 Å². The van der Waals surface area contributed by atoms with Gasteiger partial charge in [-0.15, -0.1) is 0 Å². The van der Waals surface area contributed by atoms with Gasteiger partial charge in [-0.2, -0.15) is 0 Å². The number of aliphatic carboxylic acids is 1. The van der Waals surface area contributed by atoms with Crippen molar-refractivity contribution in [1.29, 1.82) is 0 Å². The van der Waals surface area contributed by atoms with Crippen LogP contribution in [0.4, 0.5) is 0 Å². The summed E-state index contributed by atoms with van der Waals surface area (Å²) in [5.41, 5.74) is 4.98. The molecule has 0 rings (SSSR count). The fraction of sp³-hybridized carbons (Fsp3) is 0.800. The first-order valence-corrected chi connectivity index (χ1v) is 2.77. The number of hydrogen-bond acceptors (Lipinski definition) is 3. The third-order valence-electron chi connectivity index (χ3n) is 0.797. The van der Waals surface area contributed by atoms with Crippen LogP contribution < -0.4 is 5.73 Å². The minimum atomic E-state index is -0.796. The van der Waals surface area contributed by atoms with Crippen molar-refractivity contribution in [3.8, 4) is 0 Å². The summed E-state index contributed by atoms with van der Waals surface area (Å²) in [7, 11) is 0. The first-order valence-electron chi connectivity index (χ1n) is 2.77. The van der Waals surface area contributed by atoms with Gasteiger partial charge in [0.2, 0.25) is 0 Å². The van der Waals surface area contributed by atoms with Gasteiger partial charge in [-0.1, -0.05) is 0 Å². The molecule has 0 aromatic carbocycles. The third kappa shape index (κ3) is 7.39. The Bertz CT molecular complexity index is 84.3. The van der Waals surface area contributed by atoms with Crippen LogP contribution in [0.5, 0.6) is 0 Å². The van der Waals surface area contributed by atoms with Gasteiger partial charge in [-0.25, -0.2) is 0 Å². The Morgan fingerprint density at radius 3 is 2.78 bits per heavy atom. The number of nitrogens with two attached hydrogens (primary N) is 1. The molecule has 0 atom stereocenters. The summed E-state index contributed by atoms with van der Waals surface area (Å²) in [6.07, 6.45) is 0.687. The predicted octanol–water partition coefficient (Wildman–Crippen LogP) is -0.216. The van der Waals surface area contributed by atoms with Crippen LogP contribution >= 0.6 is 0 Å². The van der Waals surface area contributed by atoms with Crippen molar-refractivity contribution in [1.82, 2.24) is 0 Å². The summed E-state index contributed by atoms with van der Waals surface area (Å²) in [6, 6.07) is 0. The van der Waals surface area contributed by atoms with E-state index in [-0.39, 0.29) is 13.2 Å². The molecule has 0 aliphatic carbocycles. The summed E-state index contributed by atoms with van der Waals surface area (Å²) in [5, 5.41) is 8.13. The lowest BCUT2D eigenvalue weighted by Gasteiger charge is -1.96. The highest BCUT2D eigenvalue weighted by Gasteiger charge is 1.94. The largest absolute Gasteiger partial charge is 0.481 e. The highest BCUT2D eigenvalue weighted by atomic mass is 16.5. The van der Waals surface area contributed by atoms with Crippen molar-refractivity contribution >= 4 is 5.97 Å². The zero-order valence-corrected chi connectivity index (χ0v) is 5.17. The maximum atomic E-state index is 9.88. The van der Waals surface area contributed by atoms with Gasteiger partial charge < -0.3 is 15.6 Å². The molecule has 0 aliphatic heterocycles. The van der Waals surface area contributed by atoms with E-state index in [9.17, 15) is 4.79 Å². The molecule has 0 radical (unpaired) electrons. The minimum Gasteiger partial charge on any atom is -0.481 e. The van der Waals surface area contributed by atoms with Crippen LogP contribution in [0.3, 0.4) is 0 Å². The van der Waals surface area contributed by atoms with Gasteiger partial charge in [0.05, 0.1) is 6.73 Å². The molecule has 0 bridgehead atoms. The molecule has 4 heteroatoms. The lowest BCUT2D eigenvalue weighted by atomic mass is 10.3. The van der Waals surface area contributed by atoms with Gasteiger partial charge in [-0.3, -0.25) is 4.79 Å². The molecular weight excluding hydrogens is 122 g/mol. The zero-order chi connectivity index (χ0) is 7.11. The van der Waals surface area contributed by atoms with Crippen molar-refractivity contribution in [2.75, 3.05) is 13.3 Å². The monoisotopic (exact) mass is 133 g/mol. The molecular formula is C5H11NO3. The summed E-state index contributed by atoms with van der Waals surface area (Å²) in [6.45, 7) is 0.600. The van der Waals surface area contributed by atoms with Crippen molar-refractivity contribution < 1.29 is 14.6 Å². The SMILES string of the molecule is NCOCCCC(=O)O. The second-order valence-corrected chi connectivity index (χ2v) is 1.57. The molecule has 0 amide bonds. The van der Waals surface area contributed by atoms with Gasteiger partial charge in [0.15, 0.2) is 0 Å². The predicted molar refractivity (Wildman–Crippen MR) is 31.9 cm³/mol. The first kappa shape index (κ1) is 8.39. The highest BCUT2D eigenvalue weighted by molar-refractivity contribution is 5.66. The molecule has 4 nitrogen and oxygen atoms in total. The molecule has 0 aromatic rings. The highest BCUT2D eigenvalue weighted by Crippen LogP contribution is 1.87. The third-order valence-corrected chi connectivity index (χ3v) is 0.797. The molecule has 54 valence electrons. The van der Waals surface area contributed by atoms with E-state index in [1.54, 1.807) is 0 Å². The average molecular weight is 133 g/mol. The Kier molecular flexibility index (Phi) is 5.15. The van der Waals surface area contributed by atoms with Crippen LogP contribution in [0.1, 0.15) is 12.8 Å². The van der Waals surface area contributed by atoms with E-state index in [2.05, 4.69) is 0 Å². The summed E-state index contributed by atoms with van der Waals surface area (Å²) < 4.78 is 4.70. The Labute approximate surface area is 53.6 Å². The topological polar surface area (TPSA) is 72.5 Å².